The first-order chi connectivity index (χ1) is 12.3. The number of rotatable bonds is 4. The van der Waals surface area contributed by atoms with Crippen LogP contribution < -0.4 is 5.32 Å². The van der Waals surface area contributed by atoms with Crippen LogP contribution in [0.5, 0.6) is 0 Å². The van der Waals surface area contributed by atoms with E-state index in [-0.39, 0.29) is 10.7 Å². The Morgan fingerprint density at radius 3 is 2.42 bits per heavy atom. The number of esters is 2. The fourth-order valence-electron chi connectivity index (χ4n) is 2.45. The zero-order valence-electron chi connectivity index (χ0n) is 14.6. The summed E-state index contributed by atoms with van der Waals surface area (Å²) in [5.41, 5.74) is 4.52. The Kier molecular flexibility index (Phi) is 5.00. The van der Waals surface area contributed by atoms with E-state index < -0.39 is 18.2 Å². The highest BCUT2D eigenvalue weighted by Gasteiger charge is 2.36. The fourth-order valence-corrected chi connectivity index (χ4v) is 2.63. The van der Waals surface area contributed by atoms with Crippen molar-refractivity contribution in [2.75, 3.05) is 5.32 Å². The first-order valence-electron chi connectivity index (χ1n) is 8.07. The van der Waals surface area contributed by atoms with Gasteiger partial charge in [0.05, 0.1) is 5.56 Å². The molecule has 134 valence electrons. The van der Waals surface area contributed by atoms with E-state index in [1.807, 2.05) is 39.0 Å². The predicted octanol–water partition coefficient (Wildman–Crippen LogP) is 4.21. The van der Waals surface area contributed by atoms with Crippen LogP contribution in [0.1, 0.15) is 27.0 Å². The molecule has 1 unspecified atom stereocenters. The van der Waals surface area contributed by atoms with Gasteiger partial charge in [-0.3, -0.25) is 0 Å². The summed E-state index contributed by atoms with van der Waals surface area (Å²) in [4.78, 5) is 24.1. The van der Waals surface area contributed by atoms with Gasteiger partial charge in [-0.25, -0.2) is 9.59 Å². The summed E-state index contributed by atoms with van der Waals surface area (Å²) in [5, 5.41) is 2.90. The monoisotopic (exact) mass is 371 g/mol. The number of anilines is 1. The van der Waals surface area contributed by atoms with Crippen molar-refractivity contribution >= 4 is 29.2 Å². The third-order valence-electron chi connectivity index (χ3n) is 4.15. The van der Waals surface area contributed by atoms with E-state index in [1.165, 1.54) is 0 Å². The first kappa shape index (κ1) is 18.0. The highest BCUT2D eigenvalue weighted by Crippen LogP contribution is 2.29. The molecule has 26 heavy (non-hydrogen) atoms. The number of cyclic esters (lactones) is 1. The van der Waals surface area contributed by atoms with Gasteiger partial charge in [-0.05, 0) is 56.2 Å². The molecule has 0 saturated heterocycles. The molecule has 1 atom stereocenters. The first-order valence-corrected chi connectivity index (χ1v) is 8.45. The molecule has 3 rings (SSSR count). The number of nitrogens with one attached hydrogen (secondary N) is 1. The third-order valence-corrected chi connectivity index (χ3v) is 4.51. The van der Waals surface area contributed by atoms with E-state index in [0.717, 1.165) is 22.4 Å². The zero-order chi connectivity index (χ0) is 18.8. The summed E-state index contributed by atoms with van der Waals surface area (Å²) in [6, 6.07) is 12.6. The van der Waals surface area contributed by atoms with Gasteiger partial charge in [-0.15, -0.1) is 0 Å². The van der Waals surface area contributed by atoms with Gasteiger partial charge in [-0.2, -0.15) is 0 Å². The van der Waals surface area contributed by atoms with Crippen molar-refractivity contribution < 1.29 is 19.1 Å². The second-order valence-electron chi connectivity index (χ2n) is 6.16. The van der Waals surface area contributed by atoms with E-state index in [9.17, 15) is 9.59 Å². The van der Waals surface area contributed by atoms with Crippen LogP contribution in [0, 0.1) is 20.8 Å². The number of carbonyl (C=O) groups excluding carboxylic acids is 2. The van der Waals surface area contributed by atoms with Crippen molar-refractivity contribution in [1.29, 1.82) is 0 Å². The molecule has 0 aromatic heterocycles. The Bertz CT molecular complexity index is 903. The molecule has 0 saturated carbocycles. The topological polar surface area (TPSA) is 64.6 Å². The maximum absolute atomic E-state index is 12.3. The largest absolute Gasteiger partial charge is 0.415 e. The number of hydrogen-bond acceptors (Lipinski definition) is 5. The molecule has 0 fully saturated rings. The van der Waals surface area contributed by atoms with Crippen molar-refractivity contribution in [3.63, 3.8) is 0 Å². The van der Waals surface area contributed by atoms with Gasteiger partial charge in [0.1, 0.15) is 5.70 Å². The fraction of sp³-hybridized carbons (Fsp3) is 0.200. The minimum absolute atomic E-state index is 0.134. The standard InChI is InChI=1S/C20H18ClNO4/c1-11-4-7-14(8-5-11)18(23)25-20-17(16(21)19(24)26-20)22-15-9-6-12(2)13(3)10-15/h4-10,20,22H,1-3H3. The van der Waals surface area contributed by atoms with Gasteiger partial charge in [0.2, 0.25) is 0 Å². The minimum Gasteiger partial charge on any atom is -0.415 e. The molecule has 5 nitrogen and oxygen atoms in total. The number of ether oxygens (including phenoxy) is 2. The van der Waals surface area contributed by atoms with Crippen molar-refractivity contribution in [2.45, 2.75) is 27.1 Å². The van der Waals surface area contributed by atoms with E-state index in [2.05, 4.69) is 5.32 Å². The van der Waals surface area contributed by atoms with Crippen molar-refractivity contribution in [2.24, 2.45) is 0 Å². The lowest BCUT2D eigenvalue weighted by Gasteiger charge is -2.17. The van der Waals surface area contributed by atoms with Crippen LogP contribution in [0.2, 0.25) is 0 Å². The highest BCUT2D eigenvalue weighted by atomic mass is 35.5. The maximum atomic E-state index is 12.3. The van der Waals surface area contributed by atoms with Crippen LogP contribution >= 0.6 is 11.6 Å². The second kappa shape index (κ2) is 7.22. The molecule has 2 aromatic rings. The molecule has 0 aliphatic carbocycles. The van der Waals surface area contributed by atoms with Crippen LogP contribution in [-0.2, 0) is 14.3 Å². The van der Waals surface area contributed by atoms with Crippen molar-refractivity contribution in [1.82, 2.24) is 0 Å². The smallest absolute Gasteiger partial charge is 0.355 e. The summed E-state index contributed by atoms with van der Waals surface area (Å²) in [6.45, 7) is 5.89. The second-order valence-corrected chi connectivity index (χ2v) is 6.54. The van der Waals surface area contributed by atoms with Crippen LogP contribution in [0.25, 0.3) is 0 Å². The van der Waals surface area contributed by atoms with E-state index in [1.54, 1.807) is 24.3 Å². The quantitative estimate of drug-likeness (QED) is 0.815. The molecular formula is C20H18ClNO4. The van der Waals surface area contributed by atoms with Crippen LogP contribution in [0.4, 0.5) is 5.69 Å². The third kappa shape index (κ3) is 3.73. The number of benzene rings is 2. The molecule has 1 aliphatic heterocycles. The lowest BCUT2D eigenvalue weighted by Crippen LogP contribution is -2.24. The molecule has 0 bridgehead atoms. The normalized spacial score (nSPS) is 16.5. The van der Waals surface area contributed by atoms with Crippen molar-refractivity contribution in [3.05, 3.63) is 75.4 Å². The van der Waals surface area contributed by atoms with Gasteiger partial charge in [0.25, 0.3) is 6.29 Å². The summed E-state index contributed by atoms with van der Waals surface area (Å²) >= 11 is 6.05. The molecule has 0 radical (unpaired) electrons. The van der Waals surface area contributed by atoms with Crippen LogP contribution in [-0.4, -0.2) is 18.2 Å². The zero-order valence-corrected chi connectivity index (χ0v) is 15.4. The van der Waals surface area contributed by atoms with Crippen LogP contribution in [0.3, 0.4) is 0 Å². The highest BCUT2D eigenvalue weighted by molar-refractivity contribution is 6.42. The number of halogens is 1. The number of hydrogen-bond donors (Lipinski definition) is 1. The van der Waals surface area contributed by atoms with Gasteiger partial charge < -0.3 is 14.8 Å². The molecular weight excluding hydrogens is 354 g/mol. The summed E-state index contributed by atoms with van der Waals surface area (Å²) in [5.74, 6) is -1.34. The van der Waals surface area contributed by atoms with E-state index in [0.29, 0.717) is 5.56 Å². The van der Waals surface area contributed by atoms with Gasteiger partial charge in [-0.1, -0.05) is 35.4 Å². The molecule has 6 heteroatoms. The molecule has 2 aromatic carbocycles. The Hall–Kier alpha value is -2.79. The lowest BCUT2D eigenvalue weighted by atomic mass is 10.1. The number of aryl methyl sites for hydroxylation is 3. The van der Waals surface area contributed by atoms with Crippen molar-refractivity contribution in [3.8, 4) is 0 Å². The molecule has 1 heterocycles. The Labute approximate surface area is 156 Å². The Morgan fingerprint density at radius 2 is 1.77 bits per heavy atom. The SMILES string of the molecule is Cc1ccc(C(=O)OC2OC(=O)C(Cl)=C2Nc2ccc(C)c(C)c2)cc1. The van der Waals surface area contributed by atoms with E-state index in [4.69, 9.17) is 21.1 Å². The summed E-state index contributed by atoms with van der Waals surface area (Å²) in [7, 11) is 0. The molecule has 0 amide bonds. The predicted molar refractivity (Wildman–Crippen MR) is 98.9 cm³/mol. The van der Waals surface area contributed by atoms with Gasteiger partial charge in [0, 0.05) is 5.69 Å². The van der Waals surface area contributed by atoms with Crippen LogP contribution in [0.15, 0.2) is 53.2 Å². The van der Waals surface area contributed by atoms with Gasteiger partial charge in [0.15, 0.2) is 5.03 Å². The molecule has 0 spiro atoms. The maximum Gasteiger partial charge on any atom is 0.355 e. The molecule has 1 aliphatic rings. The lowest BCUT2D eigenvalue weighted by molar-refractivity contribution is -0.152. The van der Waals surface area contributed by atoms with Gasteiger partial charge >= 0.3 is 11.9 Å². The summed E-state index contributed by atoms with van der Waals surface area (Å²) < 4.78 is 10.4. The average molecular weight is 372 g/mol. The summed E-state index contributed by atoms with van der Waals surface area (Å²) in [6.07, 6.45) is -1.22. The minimum atomic E-state index is -1.22. The Morgan fingerprint density at radius 1 is 1.08 bits per heavy atom. The Balaban J connectivity index is 1.80. The average Bonchev–Trinajstić information content (AvgIpc) is 2.86. The number of carbonyl (C=O) groups is 2. The molecule has 1 N–H and O–H groups in total. The van der Waals surface area contributed by atoms with E-state index >= 15 is 0 Å².